The van der Waals surface area contributed by atoms with Gasteiger partial charge in [0, 0.05) is 45.1 Å². The van der Waals surface area contributed by atoms with Crippen molar-refractivity contribution in [2.24, 2.45) is 10.1 Å². The smallest absolute Gasteiger partial charge is 0.238 e. The van der Waals surface area contributed by atoms with Crippen LogP contribution in [0.1, 0.15) is 12.5 Å². The van der Waals surface area contributed by atoms with Gasteiger partial charge in [-0.1, -0.05) is 12.1 Å². The van der Waals surface area contributed by atoms with Crippen molar-refractivity contribution in [2.45, 2.75) is 18.4 Å². The zero-order valence-electron chi connectivity index (χ0n) is 16.2. The molecule has 1 aromatic carbocycles. The Morgan fingerprint density at radius 1 is 1.17 bits per heavy atom. The first-order valence-electron chi connectivity index (χ1n) is 9.14. The largest absolute Gasteiger partial charge is 0.357 e. The van der Waals surface area contributed by atoms with Gasteiger partial charge in [0.05, 0.1) is 11.4 Å². The molecule has 1 aliphatic heterocycles. The van der Waals surface area contributed by atoms with Crippen molar-refractivity contribution in [3.8, 4) is 0 Å². The number of aliphatic imine (C=N–C) groups is 1. The monoisotopic (exact) mass is 531 g/mol. The number of hydrogen-bond acceptors (Lipinski definition) is 6. The summed E-state index contributed by atoms with van der Waals surface area (Å²) < 4.78 is 23.1. The average molecular weight is 531 g/mol. The minimum Gasteiger partial charge on any atom is -0.357 e. The van der Waals surface area contributed by atoms with E-state index in [1.165, 1.54) is 6.07 Å². The number of halogens is 1. The lowest BCUT2D eigenvalue weighted by atomic mass is 10.2. The number of sulfonamides is 1. The van der Waals surface area contributed by atoms with E-state index >= 15 is 0 Å². The second kappa shape index (κ2) is 10.7. The second-order valence-electron chi connectivity index (χ2n) is 6.39. The Morgan fingerprint density at radius 3 is 2.48 bits per heavy atom. The van der Waals surface area contributed by atoms with Crippen molar-refractivity contribution < 1.29 is 8.42 Å². The summed E-state index contributed by atoms with van der Waals surface area (Å²) in [6.45, 7) is 6.32. The van der Waals surface area contributed by atoms with Crippen molar-refractivity contribution >= 4 is 45.9 Å². The van der Waals surface area contributed by atoms with Gasteiger partial charge in [-0.25, -0.2) is 28.5 Å². The van der Waals surface area contributed by atoms with Gasteiger partial charge in [0.25, 0.3) is 0 Å². The summed E-state index contributed by atoms with van der Waals surface area (Å²) >= 11 is 0. The van der Waals surface area contributed by atoms with Crippen LogP contribution in [-0.4, -0.2) is 62.0 Å². The van der Waals surface area contributed by atoms with Crippen molar-refractivity contribution in [1.29, 1.82) is 0 Å². The van der Waals surface area contributed by atoms with Crippen LogP contribution in [0.3, 0.4) is 0 Å². The van der Waals surface area contributed by atoms with E-state index in [-0.39, 0.29) is 28.9 Å². The Labute approximate surface area is 188 Å². The van der Waals surface area contributed by atoms with Gasteiger partial charge in [-0.15, -0.1) is 24.0 Å². The fraction of sp³-hybridized carbons (Fsp3) is 0.389. The lowest BCUT2D eigenvalue weighted by molar-refractivity contribution is 0.370. The Bertz CT molecular complexity index is 917. The van der Waals surface area contributed by atoms with Crippen LogP contribution >= 0.6 is 24.0 Å². The van der Waals surface area contributed by atoms with E-state index in [4.69, 9.17) is 5.14 Å². The van der Waals surface area contributed by atoms with Crippen LogP contribution in [0.15, 0.2) is 52.6 Å². The van der Waals surface area contributed by atoms with Gasteiger partial charge in [0.2, 0.25) is 16.0 Å². The highest BCUT2D eigenvalue weighted by Gasteiger charge is 2.21. The Balaban J connectivity index is 0.00000300. The number of piperazine rings is 1. The van der Waals surface area contributed by atoms with Crippen molar-refractivity contribution in [1.82, 2.24) is 20.2 Å². The first-order valence-corrected chi connectivity index (χ1v) is 10.7. The van der Waals surface area contributed by atoms with Crippen LogP contribution < -0.4 is 15.4 Å². The molecule has 0 radical (unpaired) electrons. The average Bonchev–Trinajstić information content (AvgIpc) is 2.71. The van der Waals surface area contributed by atoms with Crippen molar-refractivity contribution in [3.63, 3.8) is 0 Å². The summed E-state index contributed by atoms with van der Waals surface area (Å²) in [7, 11) is -3.72. The molecule has 0 aliphatic carbocycles. The van der Waals surface area contributed by atoms with Gasteiger partial charge < -0.3 is 15.1 Å². The third-order valence-electron chi connectivity index (χ3n) is 4.39. The number of guanidine groups is 1. The summed E-state index contributed by atoms with van der Waals surface area (Å²) in [5.41, 5.74) is 0.790. The molecule has 29 heavy (non-hydrogen) atoms. The minimum atomic E-state index is -3.72. The number of aromatic nitrogens is 2. The predicted molar refractivity (Wildman–Crippen MR) is 124 cm³/mol. The topological polar surface area (TPSA) is 117 Å². The summed E-state index contributed by atoms with van der Waals surface area (Å²) in [4.78, 5) is 17.7. The quantitative estimate of drug-likeness (QED) is 0.336. The van der Waals surface area contributed by atoms with Crippen LogP contribution in [0.25, 0.3) is 0 Å². The predicted octanol–water partition coefficient (Wildman–Crippen LogP) is 1.03. The van der Waals surface area contributed by atoms with Crippen LogP contribution in [0, 0.1) is 0 Å². The lowest BCUT2D eigenvalue weighted by Crippen LogP contribution is -2.52. The fourth-order valence-corrected chi connectivity index (χ4v) is 3.57. The highest BCUT2D eigenvalue weighted by molar-refractivity contribution is 14.0. The lowest BCUT2D eigenvalue weighted by Gasteiger charge is -2.36. The van der Waals surface area contributed by atoms with E-state index in [0.29, 0.717) is 6.54 Å². The number of rotatable bonds is 5. The fourth-order valence-electron chi connectivity index (χ4n) is 2.99. The van der Waals surface area contributed by atoms with Gasteiger partial charge in [-0.3, -0.25) is 0 Å². The molecule has 1 saturated heterocycles. The van der Waals surface area contributed by atoms with Gasteiger partial charge in [0.1, 0.15) is 0 Å². The van der Waals surface area contributed by atoms with Crippen LogP contribution in [-0.2, 0) is 16.6 Å². The molecule has 0 amide bonds. The van der Waals surface area contributed by atoms with E-state index in [1.807, 2.05) is 13.0 Å². The molecule has 0 spiro atoms. The van der Waals surface area contributed by atoms with Crippen molar-refractivity contribution in [2.75, 3.05) is 37.6 Å². The Morgan fingerprint density at radius 2 is 1.86 bits per heavy atom. The van der Waals surface area contributed by atoms with Gasteiger partial charge in [-0.05, 0) is 30.7 Å². The zero-order chi connectivity index (χ0) is 20.0. The molecule has 158 valence electrons. The summed E-state index contributed by atoms with van der Waals surface area (Å²) in [6.07, 6.45) is 3.49. The molecular weight excluding hydrogens is 505 g/mol. The van der Waals surface area contributed by atoms with Gasteiger partial charge in [0.15, 0.2) is 5.96 Å². The summed E-state index contributed by atoms with van der Waals surface area (Å²) in [5, 5.41) is 8.51. The molecular formula is C18H26IN7O2S. The summed E-state index contributed by atoms with van der Waals surface area (Å²) in [5.74, 6) is 1.54. The number of nitrogens with zero attached hydrogens (tertiary/aromatic N) is 5. The second-order valence-corrected chi connectivity index (χ2v) is 7.95. The molecule has 3 N–H and O–H groups in total. The molecule has 0 atom stereocenters. The molecule has 1 fully saturated rings. The molecule has 1 aromatic heterocycles. The molecule has 2 aromatic rings. The molecule has 0 saturated carbocycles. The molecule has 2 heterocycles. The number of hydrogen-bond donors (Lipinski definition) is 2. The molecule has 9 nitrogen and oxygen atoms in total. The van der Waals surface area contributed by atoms with Gasteiger partial charge in [-0.2, -0.15) is 0 Å². The summed E-state index contributed by atoms with van der Waals surface area (Å²) in [6, 6.07) is 8.37. The molecule has 0 bridgehead atoms. The van der Waals surface area contributed by atoms with E-state index < -0.39 is 10.0 Å². The molecule has 1 aliphatic rings. The highest BCUT2D eigenvalue weighted by Crippen LogP contribution is 2.12. The Kier molecular flexibility index (Phi) is 8.59. The molecule has 0 unspecified atom stereocenters. The minimum absolute atomic E-state index is 0. The number of primary sulfonamides is 1. The number of anilines is 1. The highest BCUT2D eigenvalue weighted by atomic mass is 127. The number of nitrogens with one attached hydrogen (secondary N) is 1. The first kappa shape index (κ1) is 23.3. The number of benzene rings is 1. The maximum absolute atomic E-state index is 11.5. The third kappa shape index (κ3) is 6.51. The zero-order valence-corrected chi connectivity index (χ0v) is 19.4. The standard InChI is InChI=1S/C18H25N7O2S.HI/c1-2-20-17(23-14-15-5-3-6-16(13-15)28(19,26)27)24-9-11-25(12-10-24)18-21-7-4-8-22-18;/h3-8,13H,2,9-12,14H2,1H3,(H,20,23)(H2,19,26,27);1H. The number of nitrogens with two attached hydrogens (primary N) is 1. The Hall–Kier alpha value is -1.99. The van der Waals surface area contributed by atoms with Crippen molar-refractivity contribution in [3.05, 3.63) is 48.3 Å². The van der Waals surface area contributed by atoms with Crippen LogP contribution in [0.4, 0.5) is 5.95 Å². The van der Waals surface area contributed by atoms with E-state index in [2.05, 4.69) is 30.1 Å². The van der Waals surface area contributed by atoms with Crippen LogP contribution in [0.2, 0.25) is 0 Å². The third-order valence-corrected chi connectivity index (χ3v) is 5.30. The maximum atomic E-state index is 11.5. The first-order chi connectivity index (χ1) is 13.5. The van der Waals surface area contributed by atoms with E-state index in [1.54, 1.807) is 30.6 Å². The normalized spacial score (nSPS) is 15.0. The SMILES string of the molecule is CCNC(=NCc1cccc(S(N)(=O)=O)c1)N1CCN(c2ncccn2)CC1.I. The maximum Gasteiger partial charge on any atom is 0.238 e. The molecule has 11 heteroatoms. The molecule has 3 rings (SSSR count). The van der Waals surface area contributed by atoms with Gasteiger partial charge >= 0.3 is 0 Å². The van der Waals surface area contributed by atoms with Crippen LogP contribution in [0.5, 0.6) is 0 Å². The van der Waals surface area contributed by atoms with E-state index in [0.717, 1.165) is 50.2 Å². The van der Waals surface area contributed by atoms with E-state index in [9.17, 15) is 8.42 Å².